The second-order valence-electron chi connectivity index (χ2n) is 5.47. The highest BCUT2D eigenvalue weighted by Gasteiger charge is 2.23. The molecule has 0 aliphatic carbocycles. The molecule has 2 nitrogen and oxygen atoms in total. The molecule has 0 N–H and O–H groups in total. The van der Waals surface area contributed by atoms with Gasteiger partial charge in [-0.25, -0.2) is 4.98 Å². The molecule has 0 saturated carbocycles. The number of rotatable bonds is 1. The Morgan fingerprint density at radius 1 is 0.826 bits per heavy atom. The van der Waals surface area contributed by atoms with E-state index in [4.69, 9.17) is 4.98 Å². The Bertz CT molecular complexity index is 1050. The second-order valence-corrected chi connectivity index (χ2v) is 7.47. The van der Waals surface area contributed by atoms with E-state index in [0.717, 1.165) is 21.4 Å². The molecule has 0 amide bonds. The lowest BCUT2D eigenvalue weighted by Gasteiger charge is -2.19. The summed E-state index contributed by atoms with van der Waals surface area (Å²) in [5.41, 5.74) is 4.57. The molecule has 0 unspecified atom stereocenters. The van der Waals surface area contributed by atoms with Crippen LogP contribution in [0.4, 0.5) is 0 Å². The molecule has 4 heteroatoms. The first-order valence-electron chi connectivity index (χ1n) is 7.36. The van der Waals surface area contributed by atoms with Gasteiger partial charge in [0.05, 0.1) is 16.7 Å². The Morgan fingerprint density at radius 3 is 2.48 bits per heavy atom. The van der Waals surface area contributed by atoms with E-state index in [-0.39, 0.29) is 0 Å². The molecule has 3 aromatic carbocycles. The number of hydrogen-bond donors (Lipinski definition) is 0. The molecule has 1 aliphatic heterocycles. The smallest absolute Gasteiger partial charge is 0.145 e. The van der Waals surface area contributed by atoms with Gasteiger partial charge in [-0.3, -0.25) is 4.57 Å². The van der Waals surface area contributed by atoms with Crippen molar-refractivity contribution < 1.29 is 0 Å². The largest absolute Gasteiger partial charge is 0.290 e. The van der Waals surface area contributed by atoms with Crippen molar-refractivity contribution in [1.82, 2.24) is 9.55 Å². The molecule has 5 rings (SSSR count). The lowest BCUT2D eigenvalue weighted by molar-refractivity contribution is 1.04. The van der Waals surface area contributed by atoms with Crippen molar-refractivity contribution in [3.63, 3.8) is 0 Å². The van der Waals surface area contributed by atoms with Gasteiger partial charge in [-0.15, -0.1) is 0 Å². The summed E-state index contributed by atoms with van der Waals surface area (Å²) < 4.78 is 3.37. The number of fused-ring (bicyclic) bond motifs is 2. The second kappa shape index (κ2) is 4.98. The number of halogens is 1. The third kappa shape index (κ3) is 1.98. The average molecular weight is 379 g/mol. The SMILES string of the molecule is Brc1ccc(-c2nc3cccc4c3n2-c2ccccc2S4)cc1. The van der Waals surface area contributed by atoms with Crippen molar-refractivity contribution in [2.24, 2.45) is 0 Å². The number of hydrogen-bond acceptors (Lipinski definition) is 2. The zero-order valence-electron chi connectivity index (χ0n) is 12.0. The minimum Gasteiger partial charge on any atom is -0.290 e. The third-order valence-corrected chi connectivity index (χ3v) is 5.71. The molecule has 1 aliphatic rings. The third-order valence-electron chi connectivity index (χ3n) is 4.07. The van der Waals surface area contributed by atoms with Crippen molar-refractivity contribution >= 4 is 38.7 Å². The highest BCUT2D eigenvalue weighted by Crippen LogP contribution is 2.44. The van der Waals surface area contributed by atoms with E-state index in [0.29, 0.717) is 0 Å². The van der Waals surface area contributed by atoms with Crippen molar-refractivity contribution in [2.75, 3.05) is 0 Å². The van der Waals surface area contributed by atoms with Crippen LogP contribution in [0.25, 0.3) is 28.1 Å². The number of aromatic nitrogens is 2. The predicted molar refractivity (Wildman–Crippen MR) is 98.3 cm³/mol. The molecule has 23 heavy (non-hydrogen) atoms. The quantitative estimate of drug-likeness (QED) is 0.360. The van der Waals surface area contributed by atoms with Crippen molar-refractivity contribution in [3.05, 3.63) is 71.2 Å². The normalized spacial score (nSPS) is 12.4. The fourth-order valence-corrected chi connectivity index (χ4v) is 4.40. The highest BCUT2D eigenvalue weighted by atomic mass is 79.9. The van der Waals surface area contributed by atoms with Crippen LogP contribution in [0.15, 0.2) is 81.0 Å². The molecule has 0 spiro atoms. The number of benzene rings is 3. The molecular weight excluding hydrogens is 368 g/mol. The molecule has 0 radical (unpaired) electrons. The zero-order chi connectivity index (χ0) is 15.4. The zero-order valence-corrected chi connectivity index (χ0v) is 14.4. The van der Waals surface area contributed by atoms with Crippen LogP contribution in [-0.4, -0.2) is 9.55 Å². The van der Waals surface area contributed by atoms with Crippen LogP contribution < -0.4 is 0 Å². The average Bonchev–Trinajstić information content (AvgIpc) is 2.97. The topological polar surface area (TPSA) is 17.8 Å². The molecular formula is C19H11BrN2S. The Morgan fingerprint density at radius 2 is 1.61 bits per heavy atom. The van der Waals surface area contributed by atoms with Crippen molar-refractivity contribution in [1.29, 1.82) is 0 Å². The monoisotopic (exact) mass is 378 g/mol. The summed E-state index contributed by atoms with van der Waals surface area (Å²) in [5.74, 6) is 0.993. The van der Waals surface area contributed by atoms with Gasteiger partial charge in [-0.1, -0.05) is 58.0 Å². The Hall–Kier alpha value is -2.04. The molecule has 0 fully saturated rings. The van der Waals surface area contributed by atoms with Crippen LogP contribution in [0.2, 0.25) is 0 Å². The van der Waals surface area contributed by atoms with Gasteiger partial charge < -0.3 is 0 Å². The summed E-state index contributed by atoms with van der Waals surface area (Å²) in [6.45, 7) is 0. The summed E-state index contributed by atoms with van der Waals surface area (Å²) >= 11 is 5.32. The van der Waals surface area contributed by atoms with Crippen LogP contribution in [0, 0.1) is 0 Å². The fraction of sp³-hybridized carbons (Fsp3) is 0. The van der Waals surface area contributed by atoms with Gasteiger partial charge >= 0.3 is 0 Å². The minimum atomic E-state index is 0.993. The lowest BCUT2D eigenvalue weighted by atomic mass is 10.2. The van der Waals surface area contributed by atoms with E-state index in [1.54, 1.807) is 0 Å². The molecule has 1 aromatic heterocycles. The van der Waals surface area contributed by atoms with E-state index < -0.39 is 0 Å². The highest BCUT2D eigenvalue weighted by molar-refractivity contribution is 9.10. The standard InChI is InChI=1S/C19H11BrN2S/c20-13-10-8-12(9-11-13)19-21-14-4-3-7-17-18(14)22(19)15-5-1-2-6-16(15)23-17/h1-11H. The van der Waals surface area contributed by atoms with E-state index >= 15 is 0 Å². The van der Waals surface area contributed by atoms with E-state index in [2.05, 4.69) is 87.2 Å². The molecule has 0 atom stereocenters. The number of imidazole rings is 1. The first kappa shape index (κ1) is 13.4. The molecule has 4 aromatic rings. The summed E-state index contributed by atoms with van der Waals surface area (Å²) in [4.78, 5) is 7.45. The van der Waals surface area contributed by atoms with Gasteiger partial charge in [0.15, 0.2) is 0 Å². The van der Waals surface area contributed by atoms with Crippen molar-refractivity contribution in [2.45, 2.75) is 9.79 Å². The first-order chi connectivity index (χ1) is 11.3. The Balaban J connectivity index is 1.90. The molecule has 0 saturated heterocycles. The maximum atomic E-state index is 4.92. The van der Waals surface area contributed by atoms with E-state index in [1.165, 1.54) is 21.0 Å². The van der Waals surface area contributed by atoms with Crippen LogP contribution in [0.5, 0.6) is 0 Å². The van der Waals surface area contributed by atoms with Gasteiger partial charge in [0.25, 0.3) is 0 Å². The Kier molecular flexibility index (Phi) is 2.90. The van der Waals surface area contributed by atoms with Crippen molar-refractivity contribution in [3.8, 4) is 17.1 Å². The molecule has 2 heterocycles. The van der Waals surface area contributed by atoms with Gasteiger partial charge in [-0.2, -0.15) is 0 Å². The molecule has 0 bridgehead atoms. The summed E-state index contributed by atoms with van der Waals surface area (Å²) in [5, 5.41) is 0. The number of nitrogens with zero attached hydrogens (tertiary/aromatic N) is 2. The predicted octanol–water partition coefficient (Wildman–Crippen LogP) is 5.92. The van der Waals surface area contributed by atoms with Gasteiger partial charge in [0, 0.05) is 19.8 Å². The fourth-order valence-electron chi connectivity index (χ4n) is 3.05. The lowest BCUT2D eigenvalue weighted by Crippen LogP contribution is -2.03. The van der Waals surface area contributed by atoms with E-state index in [1.807, 2.05) is 11.8 Å². The minimum absolute atomic E-state index is 0.993. The van der Waals surface area contributed by atoms with Gasteiger partial charge in [-0.05, 0) is 36.4 Å². The summed E-state index contributed by atoms with van der Waals surface area (Å²) in [7, 11) is 0. The maximum absolute atomic E-state index is 4.92. The number of para-hydroxylation sites is 2. The van der Waals surface area contributed by atoms with Crippen LogP contribution in [-0.2, 0) is 0 Å². The Labute approximate surface area is 146 Å². The van der Waals surface area contributed by atoms with Crippen LogP contribution in [0.3, 0.4) is 0 Å². The summed E-state index contributed by atoms with van der Waals surface area (Å²) in [6, 6.07) is 23.2. The van der Waals surface area contributed by atoms with E-state index in [9.17, 15) is 0 Å². The first-order valence-corrected chi connectivity index (χ1v) is 8.97. The van der Waals surface area contributed by atoms with Gasteiger partial charge in [0.1, 0.15) is 5.82 Å². The maximum Gasteiger partial charge on any atom is 0.145 e. The summed E-state index contributed by atoms with van der Waals surface area (Å²) in [6.07, 6.45) is 0. The van der Waals surface area contributed by atoms with Crippen LogP contribution >= 0.6 is 27.7 Å². The van der Waals surface area contributed by atoms with Gasteiger partial charge in [0.2, 0.25) is 0 Å². The van der Waals surface area contributed by atoms with Crippen LogP contribution in [0.1, 0.15) is 0 Å². The molecule has 110 valence electrons.